The van der Waals surface area contributed by atoms with Crippen LogP contribution < -0.4 is 5.43 Å². The average molecular weight is 410 g/mol. The molecule has 152 valence electrons. The van der Waals surface area contributed by atoms with E-state index in [2.05, 4.69) is 9.97 Å². The molecule has 1 aromatic carbocycles. The Labute approximate surface area is 177 Å². The van der Waals surface area contributed by atoms with Gasteiger partial charge >= 0.3 is 0 Å². The first kappa shape index (κ1) is 18.6. The summed E-state index contributed by atoms with van der Waals surface area (Å²) in [6.45, 7) is 1.66. The number of hydrogen-bond donors (Lipinski definition) is 2. The minimum absolute atomic E-state index is 0.0542. The molecule has 4 heterocycles. The van der Waals surface area contributed by atoms with Crippen LogP contribution in [0, 0.1) is 6.92 Å². The molecule has 0 fully saturated rings. The van der Waals surface area contributed by atoms with Crippen molar-refractivity contribution in [2.45, 2.75) is 6.92 Å². The van der Waals surface area contributed by atoms with Gasteiger partial charge in [-0.2, -0.15) is 0 Å². The molecule has 0 aliphatic carbocycles. The molecule has 0 unspecified atom stereocenters. The average Bonchev–Trinajstić information content (AvgIpc) is 3.45. The van der Waals surface area contributed by atoms with Gasteiger partial charge in [-0.15, -0.1) is 0 Å². The van der Waals surface area contributed by atoms with Gasteiger partial charge in [0.1, 0.15) is 23.0 Å². The third-order valence-corrected chi connectivity index (χ3v) is 4.91. The first-order chi connectivity index (χ1) is 15.1. The van der Waals surface area contributed by atoms with E-state index in [1.54, 1.807) is 13.1 Å². The number of hydrogen-bond acceptors (Lipinski definition) is 5. The zero-order valence-electron chi connectivity index (χ0n) is 16.6. The smallest absolute Gasteiger partial charge is 0.227 e. The van der Waals surface area contributed by atoms with E-state index >= 15 is 0 Å². The van der Waals surface area contributed by atoms with E-state index in [0.717, 1.165) is 17.1 Å². The van der Waals surface area contributed by atoms with Crippen LogP contribution in [0.5, 0.6) is 5.75 Å². The maximum Gasteiger partial charge on any atom is 0.227 e. The van der Waals surface area contributed by atoms with Crippen molar-refractivity contribution in [2.75, 3.05) is 0 Å². The summed E-state index contributed by atoms with van der Waals surface area (Å²) in [7, 11) is 0. The zero-order chi connectivity index (χ0) is 21.4. The maximum absolute atomic E-state index is 12.2. The molecule has 7 nitrogen and oxygen atoms in total. The van der Waals surface area contributed by atoms with Crippen molar-refractivity contribution in [3.63, 3.8) is 0 Å². The summed E-state index contributed by atoms with van der Waals surface area (Å²) in [4.78, 5) is 24.7. The first-order valence-electron chi connectivity index (χ1n) is 9.70. The van der Waals surface area contributed by atoms with E-state index in [4.69, 9.17) is 9.40 Å². The predicted molar refractivity (Wildman–Crippen MR) is 117 cm³/mol. The molecule has 5 aromatic rings. The van der Waals surface area contributed by atoms with Crippen LogP contribution in [-0.2, 0) is 0 Å². The Morgan fingerprint density at radius 1 is 1.03 bits per heavy atom. The molecule has 0 aliphatic rings. The molecule has 4 aromatic heterocycles. The molecule has 31 heavy (non-hydrogen) atoms. The zero-order valence-corrected chi connectivity index (χ0v) is 16.6. The predicted octanol–water partition coefficient (Wildman–Crippen LogP) is 4.56. The molecule has 0 bridgehead atoms. The van der Waals surface area contributed by atoms with Crippen LogP contribution in [0.4, 0.5) is 0 Å². The van der Waals surface area contributed by atoms with E-state index in [1.807, 2.05) is 71.4 Å². The van der Waals surface area contributed by atoms with Crippen molar-refractivity contribution in [1.29, 1.82) is 0 Å². The molecule has 0 saturated carbocycles. The van der Waals surface area contributed by atoms with Crippen LogP contribution in [0.25, 0.3) is 40.0 Å². The van der Waals surface area contributed by atoms with Crippen LogP contribution in [-0.4, -0.2) is 24.6 Å². The topological polar surface area (TPSA) is 96.9 Å². The van der Waals surface area contributed by atoms with Gasteiger partial charge in [-0.25, -0.2) is 9.97 Å². The van der Waals surface area contributed by atoms with Crippen LogP contribution >= 0.6 is 0 Å². The van der Waals surface area contributed by atoms with Gasteiger partial charge in [0.05, 0.1) is 5.69 Å². The summed E-state index contributed by atoms with van der Waals surface area (Å²) in [5.41, 5.74) is 2.07. The SMILES string of the molecule is Cc1cc(=O)c(O)c(-c2[nH]c(-c3cccn3-c3ccccn3)nc2-c2ccccc2)o1. The van der Waals surface area contributed by atoms with Crippen molar-refractivity contribution in [2.24, 2.45) is 0 Å². The normalized spacial score (nSPS) is 11.0. The molecule has 0 aliphatic heterocycles. The van der Waals surface area contributed by atoms with Gasteiger partial charge in [-0.05, 0) is 31.2 Å². The number of H-pyrrole nitrogens is 1. The molecule has 0 radical (unpaired) electrons. The number of aryl methyl sites for hydroxylation is 1. The standard InChI is InChI=1S/C24H18N4O3/c1-15-14-18(29)22(30)23(31-15)21-20(16-8-3-2-4-9-16)26-24(27-21)17-10-7-13-28(17)19-11-5-6-12-25-19/h2-14,30H,1H3,(H,26,27). The fourth-order valence-corrected chi connectivity index (χ4v) is 3.51. The number of aromatic hydroxyl groups is 1. The fourth-order valence-electron chi connectivity index (χ4n) is 3.51. The van der Waals surface area contributed by atoms with E-state index in [-0.39, 0.29) is 5.76 Å². The van der Waals surface area contributed by atoms with Gasteiger partial charge < -0.3 is 14.5 Å². The first-order valence-corrected chi connectivity index (χ1v) is 9.70. The lowest BCUT2D eigenvalue weighted by molar-refractivity contribution is 0.429. The summed E-state index contributed by atoms with van der Waals surface area (Å²) < 4.78 is 7.65. The second kappa shape index (κ2) is 7.46. The number of benzene rings is 1. The fraction of sp³-hybridized carbons (Fsp3) is 0.0417. The van der Waals surface area contributed by atoms with Gasteiger partial charge in [-0.3, -0.25) is 9.36 Å². The summed E-state index contributed by atoms with van der Waals surface area (Å²) in [5, 5.41) is 10.4. The largest absolute Gasteiger partial charge is 0.501 e. The number of aromatic nitrogens is 4. The Hall–Kier alpha value is -4.39. The number of imidazole rings is 1. The van der Waals surface area contributed by atoms with Crippen molar-refractivity contribution in [3.8, 4) is 45.8 Å². The lowest BCUT2D eigenvalue weighted by Crippen LogP contribution is -2.01. The minimum atomic E-state index is -0.509. The molecule has 2 N–H and O–H groups in total. The lowest BCUT2D eigenvalue weighted by Gasteiger charge is -2.06. The molecule has 7 heteroatoms. The highest BCUT2D eigenvalue weighted by molar-refractivity contribution is 5.81. The maximum atomic E-state index is 12.2. The number of rotatable bonds is 4. The third kappa shape index (κ3) is 3.32. The Morgan fingerprint density at radius 3 is 2.61 bits per heavy atom. The van der Waals surface area contributed by atoms with Gasteiger partial charge in [-0.1, -0.05) is 36.4 Å². The van der Waals surface area contributed by atoms with Gasteiger partial charge in [0.2, 0.25) is 11.2 Å². The Kier molecular flexibility index (Phi) is 4.48. The van der Waals surface area contributed by atoms with E-state index < -0.39 is 11.2 Å². The molecule has 5 rings (SSSR count). The van der Waals surface area contributed by atoms with E-state index in [1.165, 1.54) is 6.07 Å². The van der Waals surface area contributed by atoms with E-state index in [9.17, 15) is 9.90 Å². The number of pyridine rings is 1. The molecular formula is C24H18N4O3. The van der Waals surface area contributed by atoms with Crippen LogP contribution in [0.1, 0.15) is 5.76 Å². The van der Waals surface area contributed by atoms with Crippen molar-refractivity contribution < 1.29 is 9.52 Å². The third-order valence-electron chi connectivity index (χ3n) is 4.91. The molecule has 0 spiro atoms. The van der Waals surface area contributed by atoms with E-state index in [0.29, 0.717) is 23.0 Å². The molecule has 0 amide bonds. The summed E-state index contributed by atoms with van der Waals surface area (Å²) in [6, 6.07) is 20.3. The van der Waals surface area contributed by atoms with Crippen molar-refractivity contribution in [3.05, 3.63) is 95.1 Å². The Bertz CT molecular complexity index is 1420. The lowest BCUT2D eigenvalue weighted by atomic mass is 10.1. The van der Waals surface area contributed by atoms with Crippen LogP contribution in [0.3, 0.4) is 0 Å². The highest BCUT2D eigenvalue weighted by Crippen LogP contribution is 2.36. The number of aromatic amines is 1. The van der Waals surface area contributed by atoms with Gasteiger partial charge in [0.25, 0.3) is 0 Å². The molecule has 0 atom stereocenters. The van der Waals surface area contributed by atoms with Crippen LogP contribution in [0.2, 0.25) is 0 Å². The van der Waals surface area contributed by atoms with Crippen molar-refractivity contribution in [1.82, 2.24) is 19.5 Å². The van der Waals surface area contributed by atoms with Gasteiger partial charge in [0, 0.05) is 24.0 Å². The summed E-state index contributed by atoms with van der Waals surface area (Å²) in [5.74, 6) is 1.28. The highest BCUT2D eigenvalue weighted by Gasteiger charge is 2.23. The Balaban J connectivity index is 1.75. The summed E-state index contributed by atoms with van der Waals surface area (Å²) >= 11 is 0. The quantitative estimate of drug-likeness (QED) is 0.453. The minimum Gasteiger partial charge on any atom is -0.501 e. The second-order valence-corrected chi connectivity index (χ2v) is 7.03. The second-order valence-electron chi connectivity index (χ2n) is 7.03. The van der Waals surface area contributed by atoms with Gasteiger partial charge in [0.15, 0.2) is 11.6 Å². The highest BCUT2D eigenvalue weighted by atomic mass is 16.4. The molecule has 0 saturated heterocycles. The Morgan fingerprint density at radius 2 is 1.84 bits per heavy atom. The van der Waals surface area contributed by atoms with Crippen molar-refractivity contribution >= 4 is 0 Å². The molecular weight excluding hydrogens is 392 g/mol. The number of nitrogens with zero attached hydrogens (tertiary/aromatic N) is 3. The van der Waals surface area contributed by atoms with Crippen LogP contribution in [0.15, 0.2) is 88.3 Å². The monoisotopic (exact) mass is 410 g/mol. The number of nitrogens with one attached hydrogen (secondary N) is 1. The summed E-state index contributed by atoms with van der Waals surface area (Å²) in [6.07, 6.45) is 3.62.